The molecule has 1 amide bonds. The standard InChI is InChI=1S/C15H20BrNO/c1-2-3-4-9-14(18)17-15-12-8-6-5-7-11(12)10-13(15)16/h5-8,13,15H,2-4,9-10H2,1H3,(H,17,18). The quantitative estimate of drug-likeness (QED) is 0.651. The van der Waals surface area contributed by atoms with Crippen molar-refractivity contribution >= 4 is 21.8 Å². The molecule has 2 nitrogen and oxygen atoms in total. The van der Waals surface area contributed by atoms with Crippen LogP contribution in [0.2, 0.25) is 0 Å². The Morgan fingerprint density at radius 2 is 2.17 bits per heavy atom. The molecular weight excluding hydrogens is 290 g/mol. The van der Waals surface area contributed by atoms with Gasteiger partial charge in [0, 0.05) is 11.2 Å². The topological polar surface area (TPSA) is 29.1 Å². The summed E-state index contributed by atoms with van der Waals surface area (Å²) in [5.74, 6) is 0.176. The summed E-state index contributed by atoms with van der Waals surface area (Å²) in [7, 11) is 0. The summed E-state index contributed by atoms with van der Waals surface area (Å²) >= 11 is 3.68. The third kappa shape index (κ3) is 3.14. The number of benzene rings is 1. The first-order valence-electron chi connectivity index (χ1n) is 6.73. The molecule has 2 unspecified atom stereocenters. The molecule has 0 radical (unpaired) electrons. The molecule has 1 aliphatic carbocycles. The van der Waals surface area contributed by atoms with Crippen LogP contribution in [0.5, 0.6) is 0 Å². The first kappa shape index (κ1) is 13.6. The summed E-state index contributed by atoms with van der Waals surface area (Å²) in [6.07, 6.45) is 4.92. The van der Waals surface area contributed by atoms with Crippen LogP contribution >= 0.6 is 15.9 Å². The van der Waals surface area contributed by atoms with Gasteiger partial charge in [0.1, 0.15) is 0 Å². The molecule has 0 aromatic heterocycles. The highest BCUT2D eigenvalue weighted by Gasteiger charge is 2.31. The van der Waals surface area contributed by atoms with E-state index in [4.69, 9.17) is 0 Å². The molecule has 0 spiro atoms. The Bertz CT molecular complexity index is 419. The van der Waals surface area contributed by atoms with Crippen molar-refractivity contribution < 1.29 is 4.79 Å². The van der Waals surface area contributed by atoms with E-state index in [0.717, 1.165) is 25.7 Å². The number of nitrogens with one attached hydrogen (secondary N) is 1. The Morgan fingerprint density at radius 3 is 2.94 bits per heavy atom. The smallest absolute Gasteiger partial charge is 0.220 e. The normalized spacial score (nSPS) is 21.7. The fourth-order valence-electron chi connectivity index (χ4n) is 2.50. The molecule has 1 aliphatic rings. The third-order valence-corrected chi connectivity index (χ3v) is 4.34. The Labute approximate surface area is 117 Å². The monoisotopic (exact) mass is 309 g/mol. The first-order valence-corrected chi connectivity index (χ1v) is 7.65. The van der Waals surface area contributed by atoms with Crippen molar-refractivity contribution in [1.29, 1.82) is 0 Å². The molecular formula is C15H20BrNO. The number of amides is 1. The molecule has 18 heavy (non-hydrogen) atoms. The Balaban J connectivity index is 1.95. The Kier molecular flexibility index (Phi) is 4.81. The minimum atomic E-state index is 0.135. The lowest BCUT2D eigenvalue weighted by atomic mass is 10.1. The number of hydrogen-bond donors (Lipinski definition) is 1. The second-order valence-electron chi connectivity index (χ2n) is 4.92. The lowest BCUT2D eigenvalue weighted by Crippen LogP contribution is -2.31. The number of fused-ring (bicyclic) bond motifs is 1. The second-order valence-corrected chi connectivity index (χ2v) is 6.10. The Morgan fingerprint density at radius 1 is 1.39 bits per heavy atom. The number of rotatable bonds is 5. The van der Waals surface area contributed by atoms with E-state index in [2.05, 4.69) is 46.4 Å². The van der Waals surface area contributed by atoms with E-state index in [1.807, 2.05) is 6.07 Å². The van der Waals surface area contributed by atoms with E-state index < -0.39 is 0 Å². The fraction of sp³-hybridized carbons (Fsp3) is 0.533. The summed E-state index contributed by atoms with van der Waals surface area (Å²) in [6, 6.07) is 8.50. The van der Waals surface area contributed by atoms with Gasteiger partial charge in [-0.05, 0) is 24.0 Å². The molecule has 0 heterocycles. The largest absolute Gasteiger partial charge is 0.348 e. The zero-order valence-electron chi connectivity index (χ0n) is 10.8. The molecule has 3 heteroatoms. The molecule has 1 N–H and O–H groups in total. The predicted molar refractivity (Wildman–Crippen MR) is 77.9 cm³/mol. The number of halogens is 1. The van der Waals surface area contributed by atoms with Crippen molar-refractivity contribution in [3.8, 4) is 0 Å². The van der Waals surface area contributed by atoms with Crippen molar-refractivity contribution in [2.75, 3.05) is 0 Å². The van der Waals surface area contributed by atoms with Gasteiger partial charge in [0.2, 0.25) is 5.91 Å². The number of unbranched alkanes of at least 4 members (excludes halogenated alkanes) is 2. The van der Waals surface area contributed by atoms with E-state index in [9.17, 15) is 4.79 Å². The van der Waals surface area contributed by atoms with Crippen LogP contribution in [0.3, 0.4) is 0 Å². The van der Waals surface area contributed by atoms with Crippen molar-refractivity contribution in [3.63, 3.8) is 0 Å². The van der Waals surface area contributed by atoms with Gasteiger partial charge in [0.25, 0.3) is 0 Å². The molecule has 0 bridgehead atoms. The van der Waals surface area contributed by atoms with Gasteiger partial charge in [0.05, 0.1) is 6.04 Å². The number of carbonyl (C=O) groups excluding carboxylic acids is 1. The predicted octanol–water partition coefficient (Wildman–Crippen LogP) is 3.74. The second kappa shape index (κ2) is 6.37. The van der Waals surface area contributed by atoms with E-state index in [0.29, 0.717) is 11.2 Å². The summed E-state index contributed by atoms with van der Waals surface area (Å²) in [5, 5.41) is 3.16. The van der Waals surface area contributed by atoms with Gasteiger partial charge in [-0.25, -0.2) is 0 Å². The lowest BCUT2D eigenvalue weighted by molar-refractivity contribution is -0.121. The maximum atomic E-state index is 11.9. The summed E-state index contributed by atoms with van der Waals surface area (Å²) in [4.78, 5) is 12.2. The molecule has 98 valence electrons. The number of hydrogen-bond acceptors (Lipinski definition) is 1. The van der Waals surface area contributed by atoms with Gasteiger partial charge in [0.15, 0.2) is 0 Å². The van der Waals surface area contributed by atoms with E-state index in [1.54, 1.807) is 0 Å². The van der Waals surface area contributed by atoms with Crippen LogP contribution in [-0.4, -0.2) is 10.7 Å². The lowest BCUT2D eigenvalue weighted by Gasteiger charge is -2.17. The molecule has 1 aromatic carbocycles. The average molecular weight is 310 g/mol. The van der Waals surface area contributed by atoms with E-state index in [-0.39, 0.29) is 11.9 Å². The first-order chi connectivity index (χ1) is 8.72. The van der Waals surface area contributed by atoms with Crippen LogP contribution < -0.4 is 5.32 Å². The van der Waals surface area contributed by atoms with Gasteiger partial charge in [-0.15, -0.1) is 0 Å². The van der Waals surface area contributed by atoms with Crippen molar-refractivity contribution in [2.45, 2.75) is 49.9 Å². The zero-order valence-corrected chi connectivity index (χ0v) is 12.4. The highest BCUT2D eigenvalue weighted by atomic mass is 79.9. The maximum Gasteiger partial charge on any atom is 0.220 e. The summed E-state index contributed by atoms with van der Waals surface area (Å²) in [6.45, 7) is 2.15. The van der Waals surface area contributed by atoms with Crippen LogP contribution in [0.15, 0.2) is 24.3 Å². The summed E-state index contributed by atoms with van der Waals surface area (Å²) < 4.78 is 0. The number of carbonyl (C=O) groups is 1. The van der Waals surface area contributed by atoms with Crippen LogP contribution in [-0.2, 0) is 11.2 Å². The van der Waals surface area contributed by atoms with Crippen molar-refractivity contribution in [3.05, 3.63) is 35.4 Å². The highest BCUT2D eigenvalue weighted by molar-refractivity contribution is 9.09. The SMILES string of the molecule is CCCCCC(=O)NC1c2ccccc2CC1Br. The molecule has 0 fully saturated rings. The number of alkyl halides is 1. The zero-order chi connectivity index (χ0) is 13.0. The van der Waals surface area contributed by atoms with Gasteiger partial charge >= 0.3 is 0 Å². The highest BCUT2D eigenvalue weighted by Crippen LogP contribution is 2.35. The van der Waals surface area contributed by atoms with Crippen LogP contribution in [0.4, 0.5) is 0 Å². The van der Waals surface area contributed by atoms with Crippen LogP contribution in [0.1, 0.15) is 49.8 Å². The maximum absolute atomic E-state index is 11.9. The Hall–Kier alpha value is -0.830. The molecule has 2 atom stereocenters. The molecule has 0 saturated carbocycles. The van der Waals surface area contributed by atoms with Crippen molar-refractivity contribution in [1.82, 2.24) is 5.32 Å². The van der Waals surface area contributed by atoms with E-state index in [1.165, 1.54) is 11.1 Å². The minimum Gasteiger partial charge on any atom is -0.348 e. The van der Waals surface area contributed by atoms with Crippen molar-refractivity contribution in [2.24, 2.45) is 0 Å². The van der Waals surface area contributed by atoms with Gasteiger partial charge in [-0.2, -0.15) is 0 Å². The van der Waals surface area contributed by atoms with Gasteiger partial charge < -0.3 is 5.32 Å². The third-order valence-electron chi connectivity index (χ3n) is 3.49. The molecule has 2 rings (SSSR count). The van der Waals surface area contributed by atoms with Gasteiger partial charge in [-0.1, -0.05) is 60.0 Å². The molecule has 0 saturated heterocycles. The minimum absolute atomic E-state index is 0.135. The van der Waals surface area contributed by atoms with E-state index >= 15 is 0 Å². The van der Waals surface area contributed by atoms with Crippen LogP contribution in [0, 0.1) is 0 Å². The summed E-state index contributed by atoms with van der Waals surface area (Å²) in [5.41, 5.74) is 2.61. The molecule has 0 aliphatic heterocycles. The average Bonchev–Trinajstić information content (AvgIpc) is 2.67. The van der Waals surface area contributed by atoms with Gasteiger partial charge in [-0.3, -0.25) is 4.79 Å². The molecule has 1 aromatic rings. The van der Waals surface area contributed by atoms with Crippen LogP contribution in [0.25, 0.3) is 0 Å². The fourth-order valence-corrected chi connectivity index (χ4v) is 3.26.